The zero-order valence-electron chi connectivity index (χ0n) is 13.4. The number of ether oxygens (including phenoxy) is 1. The second-order valence-corrected chi connectivity index (χ2v) is 6.36. The maximum atomic E-state index is 5.70. The average Bonchev–Trinajstić information content (AvgIpc) is 2.81. The molecule has 0 bridgehead atoms. The first-order valence-corrected chi connectivity index (χ1v) is 7.70. The molecule has 0 aliphatic heterocycles. The van der Waals surface area contributed by atoms with E-state index in [9.17, 15) is 0 Å². The third-order valence-corrected chi connectivity index (χ3v) is 4.10. The summed E-state index contributed by atoms with van der Waals surface area (Å²) in [6.45, 7) is 6.86. The molecule has 0 aliphatic rings. The SMILES string of the molecule is COCCn1c(CCC(C)(C)CCN)nc2ccccc21. The van der Waals surface area contributed by atoms with Gasteiger partial charge in [-0.3, -0.25) is 0 Å². The van der Waals surface area contributed by atoms with Crippen molar-refractivity contribution in [1.29, 1.82) is 0 Å². The minimum absolute atomic E-state index is 0.263. The Kier molecular flexibility index (Phi) is 5.37. The molecule has 0 saturated carbocycles. The van der Waals surface area contributed by atoms with Gasteiger partial charge in [-0.05, 0) is 36.9 Å². The second-order valence-electron chi connectivity index (χ2n) is 6.36. The molecule has 0 fully saturated rings. The summed E-state index contributed by atoms with van der Waals surface area (Å²) in [6, 6.07) is 8.31. The van der Waals surface area contributed by atoms with Crippen molar-refractivity contribution in [3.63, 3.8) is 0 Å². The van der Waals surface area contributed by atoms with Gasteiger partial charge in [0.1, 0.15) is 5.82 Å². The molecule has 21 heavy (non-hydrogen) atoms. The highest BCUT2D eigenvalue weighted by atomic mass is 16.5. The molecule has 2 N–H and O–H groups in total. The smallest absolute Gasteiger partial charge is 0.109 e. The van der Waals surface area contributed by atoms with Gasteiger partial charge in [-0.1, -0.05) is 26.0 Å². The van der Waals surface area contributed by atoms with Crippen molar-refractivity contribution in [2.75, 3.05) is 20.3 Å². The van der Waals surface area contributed by atoms with Crippen molar-refractivity contribution in [3.05, 3.63) is 30.1 Å². The number of hydrogen-bond acceptors (Lipinski definition) is 3. The van der Waals surface area contributed by atoms with Gasteiger partial charge < -0.3 is 15.0 Å². The lowest BCUT2D eigenvalue weighted by atomic mass is 9.84. The summed E-state index contributed by atoms with van der Waals surface area (Å²) in [7, 11) is 1.74. The van der Waals surface area contributed by atoms with E-state index in [1.807, 2.05) is 6.07 Å². The Morgan fingerprint density at radius 1 is 1.24 bits per heavy atom. The zero-order valence-corrected chi connectivity index (χ0v) is 13.4. The van der Waals surface area contributed by atoms with Gasteiger partial charge in [-0.2, -0.15) is 0 Å². The first-order chi connectivity index (χ1) is 10.1. The second kappa shape index (κ2) is 7.05. The summed E-state index contributed by atoms with van der Waals surface area (Å²) in [5, 5.41) is 0. The molecule has 2 rings (SSSR count). The standard InChI is InChI=1S/C17H27N3O/c1-17(2,10-11-18)9-8-16-19-14-6-4-5-7-15(14)20(16)12-13-21-3/h4-7H,8-13,18H2,1-3H3. The number of aryl methyl sites for hydroxylation is 1. The number of rotatable bonds is 8. The largest absolute Gasteiger partial charge is 0.383 e. The minimum atomic E-state index is 0.263. The van der Waals surface area contributed by atoms with Crippen molar-refractivity contribution >= 4 is 11.0 Å². The van der Waals surface area contributed by atoms with E-state index in [4.69, 9.17) is 15.5 Å². The quantitative estimate of drug-likeness (QED) is 0.813. The monoisotopic (exact) mass is 289 g/mol. The van der Waals surface area contributed by atoms with Crippen LogP contribution in [-0.4, -0.2) is 29.8 Å². The molecule has 0 saturated heterocycles. The molecule has 0 unspecified atom stereocenters. The number of nitrogens with zero attached hydrogens (tertiary/aromatic N) is 2. The number of para-hydroxylation sites is 2. The first-order valence-electron chi connectivity index (χ1n) is 7.70. The van der Waals surface area contributed by atoms with Gasteiger partial charge >= 0.3 is 0 Å². The number of aromatic nitrogens is 2. The van der Waals surface area contributed by atoms with E-state index in [-0.39, 0.29) is 5.41 Å². The molecule has 4 heteroatoms. The van der Waals surface area contributed by atoms with E-state index in [1.165, 1.54) is 5.52 Å². The first kappa shape index (κ1) is 16.0. The summed E-state index contributed by atoms with van der Waals surface area (Å²) in [4.78, 5) is 4.80. The van der Waals surface area contributed by atoms with Crippen LogP contribution >= 0.6 is 0 Å². The predicted molar refractivity (Wildman–Crippen MR) is 87.4 cm³/mol. The molecule has 0 aliphatic carbocycles. The number of fused-ring (bicyclic) bond motifs is 1. The Hall–Kier alpha value is -1.39. The maximum Gasteiger partial charge on any atom is 0.109 e. The normalized spacial score (nSPS) is 12.2. The van der Waals surface area contributed by atoms with Gasteiger partial charge in [-0.25, -0.2) is 4.98 Å². The summed E-state index contributed by atoms with van der Waals surface area (Å²) < 4.78 is 7.53. The highest BCUT2D eigenvalue weighted by Gasteiger charge is 2.19. The number of hydrogen-bond donors (Lipinski definition) is 1. The van der Waals surface area contributed by atoms with Crippen molar-refractivity contribution < 1.29 is 4.74 Å². The van der Waals surface area contributed by atoms with Crippen LogP contribution in [0, 0.1) is 5.41 Å². The molecular formula is C17H27N3O. The van der Waals surface area contributed by atoms with Gasteiger partial charge in [0.05, 0.1) is 17.6 Å². The molecule has 1 aromatic carbocycles. The molecule has 0 amide bonds. The van der Waals surface area contributed by atoms with Crippen LogP contribution in [0.25, 0.3) is 11.0 Å². The van der Waals surface area contributed by atoms with Crippen molar-refractivity contribution in [1.82, 2.24) is 9.55 Å². The minimum Gasteiger partial charge on any atom is -0.383 e. The Morgan fingerprint density at radius 3 is 2.71 bits per heavy atom. The summed E-state index contributed by atoms with van der Waals surface area (Å²) in [5.74, 6) is 1.15. The van der Waals surface area contributed by atoms with Gasteiger partial charge in [0.2, 0.25) is 0 Å². The van der Waals surface area contributed by atoms with Crippen LogP contribution in [0.1, 0.15) is 32.5 Å². The molecule has 1 heterocycles. The van der Waals surface area contributed by atoms with Crippen LogP contribution in [0.5, 0.6) is 0 Å². The van der Waals surface area contributed by atoms with Crippen LogP contribution in [0.15, 0.2) is 24.3 Å². The fourth-order valence-electron chi connectivity index (χ4n) is 2.71. The number of nitrogens with two attached hydrogens (primary N) is 1. The third-order valence-electron chi connectivity index (χ3n) is 4.10. The summed E-state index contributed by atoms with van der Waals surface area (Å²) in [6.07, 6.45) is 3.12. The van der Waals surface area contributed by atoms with Crippen LogP contribution in [-0.2, 0) is 17.7 Å². The lowest BCUT2D eigenvalue weighted by Crippen LogP contribution is -2.19. The maximum absolute atomic E-state index is 5.70. The van der Waals surface area contributed by atoms with Gasteiger partial charge in [0.25, 0.3) is 0 Å². The summed E-state index contributed by atoms with van der Waals surface area (Å²) >= 11 is 0. The molecule has 0 atom stereocenters. The third kappa shape index (κ3) is 4.05. The molecule has 0 radical (unpaired) electrons. The van der Waals surface area contributed by atoms with E-state index in [2.05, 4.69) is 36.6 Å². The summed E-state index contributed by atoms with van der Waals surface area (Å²) in [5.41, 5.74) is 8.23. The zero-order chi connectivity index (χ0) is 15.3. The van der Waals surface area contributed by atoms with Crippen LogP contribution < -0.4 is 5.73 Å². The Balaban J connectivity index is 2.21. The fourth-order valence-corrected chi connectivity index (χ4v) is 2.71. The highest BCUT2D eigenvalue weighted by molar-refractivity contribution is 5.75. The van der Waals surface area contributed by atoms with Crippen LogP contribution in [0.4, 0.5) is 0 Å². The molecule has 2 aromatic rings. The van der Waals surface area contributed by atoms with Gasteiger partial charge in [-0.15, -0.1) is 0 Å². The van der Waals surface area contributed by atoms with E-state index in [1.54, 1.807) is 7.11 Å². The lowest BCUT2D eigenvalue weighted by Gasteiger charge is -2.23. The van der Waals surface area contributed by atoms with Crippen molar-refractivity contribution in [2.24, 2.45) is 11.1 Å². The van der Waals surface area contributed by atoms with E-state index >= 15 is 0 Å². The van der Waals surface area contributed by atoms with Crippen molar-refractivity contribution in [3.8, 4) is 0 Å². The van der Waals surface area contributed by atoms with Gasteiger partial charge in [0, 0.05) is 20.1 Å². The number of benzene rings is 1. The van der Waals surface area contributed by atoms with E-state index < -0.39 is 0 Å². The Bertz CT molecular complexity index is 574. The van der Waals surface area contributed by atoms with E-state index in [0.717, 1.165) is 43.7 Å². The average molecular weight is 289 g/mol. The molecule has 1 aromatic heterocycles. The Labute approximate surface area is 127 Å². The van der Waals surface area contributed by atoms with Crippen LogP contribution in [0.2, 0.25) is 0 Å². The molecule has 0 spiro atoms. The topological polar surface area (TPSA) is 53.1 Å². The van der Waals surface area contributed by atoms with Crippen LogP contribution in [0.3, 0.4) is 0 Å². The van der Waals surface area contributed by atoms with Crippen molar-refractivity contribution in [2.45, 2.75) is 39.7 Å². The highest BCUT2D eigenvalue weighted by Crippen LogP contribution is 2.27. The van der Waals surface area contributed by atoms with Gasteiger partial charge in [0.15, 0.2) is 0 Å². The molecular weight excluding hydrogens is 262 g/mol. The Morgan fingerprint density at radius 2 is 2.00 bits per heavy atom. The molecule has 116 valence electrons. The number of methoxy groups -OCH3 is 1. The molecule has 4 nitrogen and oxygen atoms in total. The van der Waals surface area contributed by atoms with E-state index in [0.29, 0.717) is 6.61 Å². The lowest BCUT2D eigenvalue weighted by molar-refractivity contribution is 0.187. The predicted octanol–water partition coefficient (Wildman–Crippen LogP) is 2.99. The number of imidazole rings is 1. The fraction of sp³-hybridized carbons (Fsp3) is 0.588.